The smallest absolute Gasteiger partial charge is 0.310 e. The summed E-state index contributed by atoms with van der Waals surface area (Å²) < 4.78 is 4.78. The van der Waals surface area contributed by atoms with Gasteiger partial charge in [0.1, 0.15) is 0 Å². The quantitative estimate of drug-likeness (QED) is 0.653. The summed E-state index contributed by atoms with van der Waals surface area (Å²) in [5, 5.41) is 10.7. The molecule has 3 nitrogen and oxygen atoms in total. The van der Waals surface area contributed by atoms with Gasteiger partial charge < -0.3 is 9.84 Å². The van der Waals surface area contributed by atoms with E-state index in [4.69, 9.17) is 4.74 Å². The Labute approximate surface area is 110 Å². The normalized spacial score (nSPS) is 14.9. The van der Waals surface area contributed by atoms with E-state index in [1.54, 1.807) is 0 Å². The maximum Gasteiger partial charge on any atom is 0.310 e. The number of rotatable bonds is 5. The van der Waals surface area contributed by atoms with Crippen LogP contribution in [0.1, 0.15) is 6.92 Å². The maximum absolute atomic E-state index is 11.7. The van der Waals surface area contributed by atoms with E-state index >= 15 is 0 Å². The minimum Gasteiger partial charge on any atom is -0.469 e. The molecular weight excluding hydrogens is 244 g/mol. The second-order valence-electron chi connectivity index (χ2n) is 5.19. The lowest BCUT2D eigenvalue weighted by atomic mass is 10.1. The van der Waals surface area contributed by atoms with E-state index in [9.17, 15) is 9.90 Å². The first kappa shape index (κ1) is 14.9. The Morgan fingerprint density at radius 1 is 1.33 bits per heavy atom. The van der Waals surface area contributed by atoms with E-state index in [2.05, 4.69) is 25.2 Å². The van der Waals surface area contributed by atoms with Crippen LogP contribution in [0.25, 0.3) is 0 Å². The van der Waals surface area contributed by atoms with Gasteiger partial charge in [-0.2, -0.15) is 0 Å². The number of aliphatic hydroxyl groups excluding tert-OH is 1. The monoisotopic (exact) mass is 266 g/mol. The third-order valence-electron chi connectivity index (χ3n) is 3.96. The molecular formula is C14H22O3Si. The highest BCUT2D eigenvalue weighted by Crippen LogP contribution is 2.30. The predicted molar refractivity (Wildman–Crippen MR) is 75.6 cm³/mol. The van der Waals surface area contributed by atoms with Gasteiger partial charge in [0.05, 0.1) is 27.7 Å². The minimum absolute atomic E-state index is 0.123. The van der Waals surface area contributed by atoms with Gasteiger partial charge in [0, 0.05) is 0 Å². The van der Waals surface area contributed by atoms with Crippen LogP contribution in [-0.4, -0.2) is 32.9 Å². The Hall–Kier alpha value is -1.13. The molecule has 1 rings (SSSR count). The highest BCUT2D eigenvalue weighted by Gasteiger charge is 2.39. The molecule has 100 valence electrons. The zero-order valence-electron chi connectivity index (χ0n) is 11.5. The fourth-order valence-electron chi connectivity index (χ4n) is 2.22. The predicted octanol–water partition coefficient (Wildman–Crippen LogP) is 1.77. The molecule has 1 N–H and O–H groups in total. The average Bonchev–Trinajstić information content (AvgIpc) is 2.40. The van der Waals surface area contributed by atoms with Crippen LogP contribution in [0, 0.1) is 5.92 Å². The van der Waals surface area contributed by atoms with Gasteiger partial charge in [0.2, 0.25) is 0 Å². The number of carbonyl (C=O) groups is 1. The van der Waals surface area contributed by atoms with Crippen molar-refractivity contribution in [1.82, 2.24) is 0 Å². The molecule has 0 aliphatic heterocycles. The third kappa shape index (κ3) is 3.00. The summed E-state index contributed by atoms with van der Waals surface area (Å²) in [6.45, 7) is 6.32. The first-order valence-electron chi connectivity index (χ1n) is 6.19. The number of hydrogen-bond acceptors (Lipinski definition) is 3. The first-order chi connectivity index (χ1) is 8.45. The van der Waals surface area contributed by atoms with Crippen molar-refractivity contribution in [3.8, 4) is 0 Å². The van der Waals surface area contributed by atoms with Gasteiger partial charge in [-0.05, 0) is 5.54 Å². The molecule has 0 spiro atoms. The molecule has 0 bridgehead atoms. The number of ether oxygens (including phenoxy) is 1. The topological polar surface area (TPSA) is 46.5 Å². The van der Waals surface area contributed by atoms with Gasteiger partial charge in [-0.3, -0.25) is 4.79 Å². The standard InChI is InChI=1S/C14H22O3Si/c1-11(13(10-15)14(16)17-2)18(3,4)12-8-6-5-7-9-12/h5-9,11,13,15H,10H2,1-4H3/t11-,13-/m0/s1. The Morgan fingerprint density at radius 3 is 2.33 bits per heavy atom. The van der Waals surface area contributed by atoms with Gasteiger partial charge in [0.15, 0.2) is 0 Å². The first-order valence-corrected chi connectivity index (χ1v) is 9.27. The highest BCUT2D eigenvalue weighted by atomic mass is 28.3. The van der Waals surface area contributed by atoms with Gasteiger partial charge in [0.25, 0.3) is 0 Å². The van der Waals surface area contributed by atoms with Crippen LogP contribution in [-0.2, 0) is 9.53 Å². The van der Waals surface area contributed by atoms with E-state index in [1.165, 1.54) is 12.3 Å². The molecule has 0 saturated carbocycles. The van der Waals surface area contributed by atoms with Crippen LogP contribution in [0.4, 0.5) is 0 Å². The van der Waals surface area contributed by atoms with Crippen LogP contribution in [0.2, 0.25) is 18.6 Å². The second kappa shape index (κ2) is 6.16. The minimum atomic E-state index is -1.81. The maximum atomic E-state index is 11.7. The molecule has 2 atom stereocenters. The van der Waals surface area contributed by atoms with Crippen LogP contribution in [0.5, 0.6) is 0 Å². The number of esters is 1. The number of aliphatic hydroxyl groups is 1. The molecule has 1 aromatic rings. The lowest BCUT2D eigenvalue weighted by molar-refractivity contribution is -0.146. The highest BCUT2D eigenvalue weighted by molar-refractivity contribution is 6.91. The van der Waals surface area contributed by atoms with Crippen molar-refractivity contribution in [2.45, 2.75) is 25.6 Å². The fourth-order valence-corrected chi connectivity index (χ4v) is 5.05. The SMILES string of the molecule is COC(=O)[C@@H](CO)[C@H](C)[Si](C)(C)c1ccccc1. The number of hydrogen-bond donors (Lipinski definition) is 1. The third-order valence-corrected chi connectivity index (χ3v) is 8.46. The zero-order chi connectivity index (χ0) is 13.8. The van der Waals surface area contributed by atoms with Crippen molar-refractivity contribution in [1.29, 1.82) is 0 Å². The summed E-state index contributed by atoms with van der Waals surface area (Å²) in [6, 6.07) is 10.2. The van der Waals surface area contributed by atoms with Crippen LogP contribution in [0.3, 0.4) is 0 Å². The molecule has 0 heterocycles. The van der Waals surface area contributed by atoms with Crippen LogP contribution >= 0.6 is 0 Å². The van der Waals surface area contributed by atoms with Gasteiger partial charge >= 0.3 is 5.97 Å². The second-order valence-corrected chi connectivity index (χ2v) is 10.1. The molecule has 0 aliphatic rings. The van der Waals surface area contributed by atoms with Crippen LogP contribution < -0.4 is 5.19 Å². The number of methoxy groups -OCH3 is 1. The van der Waals surface area contributed by atoms with Crippen molar-refractivity contribution in [2.24, 2.45) is 5.92 Å². The number of carbonyl (C=O) groups excluding carboxylic acids is 1. The van der Waals surface area contributed by atoms with Crippen LogP contribution in [0.15, 0.2) is 30.3 Å². The van der Waals surface area contributed by atoms with Gasteiger partial charge in [-0.15, -0.1) is 0 Å². The summed E-state index contributed by atoms with van der Waals surface area (Å²) >= 11 is 0. The van der Waals surface area contributed by atoms with E-state index in [1.807, 2.05) is 25.1 Å². The molecule has 0 aromatic heterocycles. The summed E-state index contributed by atoms with van der Waals surface area (Å²) in [5.74, 6) is -0.752. The Morgan fingerprint density at radius 2 is 1.89 bits per heavy atom. The van der Waals surface area contributed by atoms with E-state index in [-0.39, 0.29) is 18.1 Å². The Kier molecular flexibility index (Phi) is 5.11. The summed E-state index contributed by atoms with van der Waals surface area (Å²) in [5.41, 5.74) is 0.123. The lowest BCUT2D eigenvalue weighted by Gasteiger charge is -2.34. The molecule has 18 heavy (non-hydrogen) atoms. The molecule has 1 aromatic carbocycles. The molecule has 0 amide bonds. The Bertz CT molecular complexity index is 389. The molecule has 0 saturated heterocycles. The van der Waals surface area contributed by atoms with Gasteiger partial charge in [-0.25, -0.2) is 0 Å². The molecule has 4 heteroatoms. The van der Waals surface area contributed by atoms with E-state index < -0.39 is 14.0 Å². The molecule has 0 aliphatic carbocycles. The Balaban J connectivity index is 3.00. The fraction of sp³-hybridized carbons (Fsp3) is 0.500. The van der Waals surface area contributed by atoms with Crippen molar-refractivity contribution >= 4 is 19.2 Å². The summed E-state index contributed by atoms with van der Waals surface area (Å²) in [6.07, 6.45) is 0. The van der Waals surface area contributed by atoms with E-state index in [0.29, 0.717) is 0 Å². The van der Waals surface area contributed by atoms with Crippen molar-refractivity contribution < 1.29 is 14.6 Å². The van der Waals surface area contributed by atoms with Gasteiger partial charge in [-0.1, -0.05) is 55.5 Å². The average molecular weight is 266 g/mol. The van der Waals surface area contributed by atoms with Crippen molar-refractivity contribution in [3.63, 3.8) is 0 Å². The van der Waals surface area contributed by atoms with E-state index in [0.717, 1.165) is 0 Å². The van der Waals surface area contributed by atoms with Crippen molar-refractivity contribution in [3.05, 3.63) is 30.3 Å². The molecule has 0 unspecified atom stereocenters. The summed E-state index contributed by atoms with van der Waals surface area (Å²) in [7, 11) is -0.437. The van der Waals surface area contributed by atoms with Crippen molar-refractivity contribution in [2.75, 3.05) is 13.7 Å². The molecule has 0 radical (unpaired) electrons. The molecule has 0 fully saturated rings. The number of benzene rings is 1. The lowest BCUT2D eigenvalue weighted by Crippen LogP contribution is -2.49. The zero-order valence-corrected chi connectivity index (χ0v) is 12.5. The largest absolute Gasteiger partial charge is 0.469 e. The summed E-state index contributed by atoms with van der Waals surface area (Å²) in [4.78, 5) is 11.7.